The van der Waals surface area contributed by atoms with Gasteiger partial charge in [0.2, 0.25) is 15.8 Å². The van der Waals surface area contributed by atoms with Gasteiger partial charge in [0, 0.05) is 0 Å². The van der Waals surface area contributed by atoms with Gasteiger partial charge in [-0.3, -0.25) is 0 Å². The van der Waals surface area contributed by atoms with Crippen LogP contribution in [0, 0.1) is 0 Å². The minimum atomic E-state index is -4.49. The summed E-state index contributed by atoms with van der Waals surface area (Å²) in [7, 11) is -8.49. The fraction of sp³-hybridized carbons (Fsp3) is 0.435. The van der Waals surface area contributed by atoms with Crippen molar-refractivity contribution in [2.24, 2.45) is 5.14 Å². The summed E-state index contributed by atoms with van der Waals surface area (Å²) < 4.78 is 53.2. The van der Waals surface area contributed by atoms with Crippen LogP contribution in [-0.2, 0) is 19.9 Å². The smallest absolute Gasteiger partial charge is 0.240 e. The monoisotopic (exact) mass is 531 g/mol. The number of rotatable bonds is 6. The Morgan fingerprint density at radius 2 is 1.47 bits per heavy atom. The Kier molecular flexibility index (Phi) is 6.92. The van der Waals surface area contributed by atoms with E-state index in [0.29, 0.717) is 43.0 Å². The maximum Gasteiger partial charge on any atom is 0.240 e. The maximum atomic E-state index is 13.6. The van der Waals surface area contributed by atoms with E-state index in [0.717, 1.165) is 25.9 Å². The molecule has 2 aliphatic heterocycles. The normalized spacial score (nSPS) is 18.4. The Balaban J connectivity index is 1.68. The van der Waals surface area contributed by atoms with Crippen molar-refractivity contribution >= 4 is 19.9 Å². The molecule has 2 aliphatic rings. The number of hydrogen-bond donors (Lipinski definition) is 4. The fourth-order valence-corrected chi connectivity index (χ4v) is 8.54. The average Bonchev–Trinajstić information content (AvgIpc) is 3.43. The van der Waals surface area contributed by atoms with Gasteiger partial charge < -0.3 is 10.6 Å². The summed E-state index contributed by atoms with van der Waals surface area (Å²) in [4.78, 5) is -0.825. The molecule has 2 aromatic carbocycles. The van der Waals surface area contributed by atoms with Crippen molar-refractivity contribution in [2.75, 3.05) is 26.2 Å². The van der Waals surface area contributed by atoms with E-state index in [2.05, 4.69) is 31.3 Å². The first-order chi connectivity index (χ1) is 17.3. The number of aromatic amines is 1. The SMILES string of the molecule is NS(=O)(=O)c1c(S(=O)(=O)C2CCNCC2)ccc(-c2ccc(C3CCNCC3)cc2)c1-c1nn[nH]n1. The van der Waals surface area contributed by atoms with Gasteiger partial charge in [-0.2, -0.15) is 5.21 Å². The van der Waals surface area contributed by atoms with Crippen LogP contribution in [0.5, 0.6) is 0 Å². The van der Waals surface area contributed by atoms with Crippen LogP contribution in [-0.4, -0.2) is 68.9 Å². The molecule has 0 atom stereocenters. The second-order valence-corrected chi connectivity index (χ2v) is 12.9. The van der Waals surface area contributed by atoms with Crippen LogP contribution in [0.25, 0.3) is 22.5 Å². The molecule has 11 nitrogen and oxygen atoms in total. The van der Waals surface area contributed by atoms with E-state index >= 15 is 0 Å². The van der Waals surface area contributed by atoms with Gasteiger partial charge in [0.25, 0.3) is 0 Å². The highest BCUT2D eigenvalue weighted by Crippen LogP contribution is 2.40. The zero-order chi connectivity index (χ0) is 25.3. The number of nitrogens with one attached hydrogen (secondary N) is 3. The molecule has 192 valence electrons. The van der Waals surface area contributed by atoms with Crippen molar-refractivity contribution in [3.05, 3.63) is 42.0 Å². The van der Waals surface area contributed by atoms with Gasteiger partial charge in [0.05, 0.1) is 15.7 Å². The van der Waals surface area contributed by atoms with E-state index in [1.54, 1.807) is 6.07 Å². The molecule has 13 heteroatoms. The van der Waals surface area contributed by atoms with Crippen molar-refractivity contribution in [1.29, 1.82) is 0 Å². The number of H-pyrrole nitrogens is 1. The number of piperidine rings is 2. The number of nitrogens with two attached hydrogens (primary N) is 1. The number of primary sulfonamides is 1. The number of hydrogen-bond acceptors (Lipinski definition) is 9. The number of aromatic nitrogens is 4. The molecule has 0 spiro atoms. The lowest BCUT2D eigenvalue weighted by atomic mass is 9.89. The molecule has 0 aliphatic carbocycles. The van der Waals surface area contributed by atoms with Gasteiger partial charge in [0.1, 0.15) is 4.90 Å². The Labute approximate surface area is 210 Å². The van der Waals surface area contributed by atoms with Crippen molar-refractivity contribution in [3.63, 3.8) is 0 Å². The van der Waals surface area contributed by atoms with Crippen LogP contribution in [0.4, 0.5) is 0 Å². The van der Waals surface area contributed by atoms with Crippen LogP contribution < -0.4 is 15.8 Å². The molecule has 0 bridgehead atoms. The Hall–Kier alpha value is -2.71. The molecule has 2 fully saturated rings. The van der Waals surface area contributed by atoms with E-state index < -0.39 is 30.0 Å². The minimum Gasteiger partial charge on any atom is -0.317 e. The van der Waals surface area contributed by atoms with Gasteiger partial charge in [-0.05, 0) is 85.8 Å². The highest BCUT2D eigenvalue weighted by Gasteiger charge is 2.36. The van der Waals surface area contributed by atoms with Crippen LogP contribution in [0.1, 0.15) is 37.2 Å². The van der Waals surface area contributed by atoms with Crippen LogP contribution in [0.2, 0.25) is 0 Å². The Morgan fingerprint density at radius 3 is 2.06 bits per heavy atom. The van der Waals surface area contributed by atoms with Crippen molar-refractivity contribution in [2.45, 2.75) is 46.6 Å². The molecular formula is C23H29N7O4S2. The lowest BCUT2D eigenvalue weighted by Crippen LogP contribution is -2.36. The molecule has 5 N–H and O–H groups in total. The molecule has 1 aromatic heterocycles. The Morgan fingerprint density at radius 1 is 0.833 bits per heavy atom. The maximum absolute atomic E-state index is 13.6. The highest BCUT2D eigenvalue weighted by atomic mass is 32.2. The number of nitrogens with zero attached hydrogens (tertiary/aromatic N) is 3. The summed E-state index contributed by atoms with van der Waals surface area (Å²) in [6.07, 6.45) is 2.85. The number of tetrazole rings is 1. The van der Waals surface area contributed by atoms with Gasteiger partial charge >= 0.3 is 0 Å². The van der Waals surface area contributed by atoms with Crippen molar-refractivity contribution in [1.82, 2.24) is 31.3 Å². The first kappa shape index (κ1) is 25.0. The molecule has 0 amide bonds. The van der Waals surface area contributed by atoms with E-state index in [-0.39, 0.29) is 16.3 Å². The summed E-state index contributed by atoms with van der Waals surface area (Å²) in [5.41, 5.74) is 2.39. The summed E-state index contributed by atoms with van der Waals surface area (Å²) in [6.45, 7) is 3.01. The third-order valence-corrected chi connectivity index (χ3v) is 10.5. The number of sulfonamides is 1. The first-order valence-electron chi connectivity index (χ1n) is 12.0. The van der Waals surface area contributed by atoms with Gasteiger partial charge in [-0.1, -0.05) is 30.3 Å². The molecule has 0 unspecified atom stereocenters. The summed E-state index contributed by atoms with van der Waals surface area (Å²) in [6, 6.07) is 10.8. The molecule has 0 saturated carbocycles. The summed E-state index contributed by atoms with van der Waals surface area (Å²) in [5.74, 6) is 0.410. The van der Waals surface area contributed by atoms with Gasteiger partial charge in [-0.25, -0.2) is 22.0 Å². The zero-order valence-corrected chi connectivity index (χ0v) is 21.3. The van der Waals surface area contributed by atoms with E-state index in [9.17, 15) is 16.8 Å². The summed E-state index contributed by atoms with van der Waals surface area (Å²) >= 11 is 0. The lowest BCUT2D eigenvalue weighted by Gasteiger charge is -2.25. The topological polar surface area (TPSA) is 173 Å². The number of sulfone groups is 1. The minimum absolute atomic E-state index is 0.0240. The lowest BCUT2D eigenvalue weighted by molar-refractivity contribution is 0.460. The Bertz CT molecular complexity index is 1430. The van der Waals surface area contributed by atoms with Crippen molar-refractivity contribution in [3.8, 4) is 22.5 Å². The van der Waals surface area contributed by atoms with E-state index in [1.165, 1.54) is 11.6 Å². The molecule has 5 rings (SSSR count). The van der Waals surface area contributed by atoms with E-state index in [4.69, 9.17) is 5.14 Å². The highest BCUT2D eigenvalue weighted by molar-refractivity contribution is 7.94. The molecule has 36 heavy (non-hydrogen) atoms. The summed E-state index contributed by atoms with van der Waals surface area (Å²) in [5, 5.41) is 25.3. The second kappa shape index (κ2) is 9.98. The quantitative estimate of drug-likeness (QED) is 0.364. The van der Waals surface area contributed by atoms with Crippen LogP contribution in [0.3, 0.4) is 0 Å². The molecule has 3 aromatic rings. The standard InChI is InChI=1S/C23H29N7O4S2/c24-36(33,34)22-20(35(31,32)18-9-13-26-14-10-18)6-5-19(21(22)23-27-29-30-28-23)17-3-1-15(2-4-17)16-7-11-25-12-8-16/h1-6,16,18,25-26H,7-14H2,(H2,24,33,34)(H,27,28,29,30). The average molecular weight is 532 g/mol. The predicted molar refractivity (Wildman–Crippen MR) is 134 cm³/mol. The van der Waals surface area contributed by atoms with Crippen LogP contribution in [0.15, 0.2) is 46.2 Å². The van der Waals surface area contributed by atoms with Gasteiger partial charge in [0.15, 0.2) is 9.84 Å². The largest absolute Gasteiger partial charge is 0.317 e. The molecule has 2 saturated heterocycles. The predicted octanol–water partition coefficient (Wildman–Crippen LogP) is 1.17. The molecular weight excluding hydrogens is 502 g/mol. The van der Waals surface area contributed by atoms with E-state index in [1.807, 2.05) is 24.3 Å². The van der Waals surface area contributed by atoms with Crippen LogP contribution >= 0.6 is 0 Å². The van der Waals surface area contributed by atoms with Gasteiger partial charge in [-0.15, -0.1) is 10.2 Å². The number of benzene rings is 2. The zero-order valence-electron chi connectivity index (χ0n) is 19.6. The third kappa shape index (κ3) is 4.81. The molecule has 3 heterocycles. The van der Waals surface area contributed by atoms with Crippen molar-refractivity contribution < 1.29 is 16.8 Å². The fourth-order valence-electron chi connectivity index (χ4n) is 5.18. The molecule has 0 radical (unpaired) electrons. The second-order valence-electron chi connectivity index (χ2n) is 9.24. The first-order valence-corrected chi connectivity index (χ1v) is 15.1. The third-order valence-electron chi connectivity index (χ3n) is 7.04.